The van der Waals surface area contributed by atoms with Crippen LogP contribution in [0.2, 0.25) is 5.02 Å². The Morgan fingerprint density at radius 2 is 1.59 bits per heavy atom. The molecule has 6 heteroatoms. The first-order valence-electron chi connectivity index (χ1n) is 11.6. The van der Waals surface area contributed by atoms with Gasteiger partial charge in [0.1, 0.15) is 11.4 Å². The van der Waals surface area contributed by atoms with E-state index >= 15 is 0 Å². The number of carbonyl (C=O) groups excluding carboxylic acids is 2. The summed E-state index contributed by atoms with van der Waals surface area (Å²) in [5, 5.41) is 0.721. The SMILES string of the molecule is O=C(C1CC1)N1CC[C@@H](CN2C(=O)C3(CC3)N=C2c2ccc(-c3ccc(Cl)cc3)cc2)C1. The van der Waals surface area contributed by atoms with E-state index in [0.29, 0.717) is 18.4 Å². The first kappa shape index (κ1) is 20.0. The summed E-state index contributed by atoms with van der Waals surface area (Å²) in [6.07, 6.45) is 4.71. The zero-order chi connectivity index (χ0) is 21.9. The molecule has 2 heterocycles. The maximum atomic E-state index is 13.2. The van der Waals surface area contributed by atoms with Crippen LogP contribution in [0.5, 0.6) is 0 Å². The molecule has 32 heavy (non-hydrogen) atoms. The molecule has 3 fully saturated rings. The Balaban J connectivity index is 1.21. The van der Waals surface area contributed by atoms with Crippen LogP contribution in [0, 0.1) is 11.8 Å². The van der Waals surface area contributed by atoms with Crippen molar-refractivity contribution < 1.29 is 9.59 Å². The molecular weight excluding hydrogens is 422 g/mol. The fourth-order valence-corrected chi connectivity index (χ4v) is 5.10. The lowest BCUT2D eigenvalue weighted by atomic mass is 10.0. The normalized spacial score (nSPS) is 23.7. The molecule has 0 aromatic heterocycles. The summed E-state index contributed by atoms with van der Waals surface area (Å²) in [5.41, 5.74) is 2.66. The number of amidine groups is 1. The molecule has 164 valence electrons. The number of hydrogen-bond acceptors (Lipinski definition) is 3. The van der Waals surface area contributed by atoms with E-state index in [4.69, 9.17) is 16.6 Å². The lowest BCUT2D eigenvalue weighted by Gasteiger charge is -2.23. The van der Waals surface area contributed by atoms with E-state index in [1.165, 1.54) is 0 Å². The van der Waals surface area contributed by atoms with E-state index in [9.17, 15) is 9.59 Å². The molecule has 5 nitrogen and oxygen atoms in total. The van der Waals surface area contributed by atoms with Gasteiger partial charge in [0.25, 0.3) is 5.91 Å². The van der Waals surface area contributed by atoms with Crippen molar-refractivity contribution in [1.29, 1.82) is 0 Å². The average Bonchev–Trinajstić information content (AvgIpc) is 3.73. The van der Waals surface area contributed by atoms with E-state index in [1.54, 1.807) is 0 Å². The van der Waals surface area contributed by atoms with Gasteiger partial charge in [-0.2, -0.15) is 0 Å². The van der Waals surface area contributed by atoms with E-state index < -0.39 is 5.54 Å². The van der Waals surface area contributed by atoms with Crippen molar-refractivity contribution in [2.24, 2.45) is 16.8 Å². The van der Waals surface area contributed by atoms with Gasteiger partial charge in [0, 0.05) is 36.1 Å². The molecular formula is C26H26ClN3O2. The molecule has 0 radical (unpaired) electrons. The van der Waals surface area contributed by atoms with Crippen molar-refractivity contribution in [3.8, 4) is 11.1 Å². The number of benzene rings is 2. The lowest BCUT2D eigenvalue weighted by Crippen LogP contribution is -2.40. The number of halogens is 1. The fraction of sp³-hybridized carbons (Fsp3) is 0.423. The number of aliphatic imine (C=N–C) groups is 1. The molecule has 1 atom stereocenters. The molecule has 2 aliphatic heterocycles. The second-order valence-electron chi connectivity index (χ2n) is 9.68. The smallest absolute Gasteiger partial charge is 0.256 e. The highest BCUT2D eigenvalue weighted by atomic mass is 35.5. The molecule has 1 spiro atoms. The Morgan fingerprint density at radius 1 is 0.969 bits per heavy atom. The summed E-state index contributed by atoms with van der Waals surface area (Å²) in [4.78, 5) is 34.5. The van der Waals surface area contributed by atoms with Crippen LogP contribution in [0.4, 0.5) is 0 Å². The van der Waals surface area contributed by atoms with E-state index in [0.717, 1.165) is 72.7 Å². The topological polar surface area (TPSA) is 53.0 Å². The molecule has 2 aliphatic carbocycles. The highest BCUT2D eigenvalue weighted by molar-refractivity contribution is 6.30. The standard InChI is InChI=1S/C26H26ClN3O2/c27-22-9-7-19(8-10-22)18-1-3-20(4-2-18)23-28-26(12-13-26)25(32)30(23)16-17-11-14-29(15-17)24(31)21-5-6-21/h1-4,7-10,17,21H,5-6,11-16H2/t17-/m1/s1. The first-order valence-corrected chi connectivity index (χ1v) is 12.0. The first-order chi connectivity index (χ1) is 15.5. The monoisotopic (exact) mass is 447 g/mol. The summed E-state index contributed by atoms with van der Waals surface area (Å²) < 4.78 is 0. The van der Waals surface area contributed by atoms with Crippen LogP contribution in [0.15, 0.2) is 53.5 Å². The quantitative estimate of drug-likeness (QED) is 0.682. The molecule has 6 rings (SSSR count). The number of amides is 2. The lowest BCUT2D eigenvalue weighted by molar-refractivity contribution is -0.131. The highest BCUT2D eigenvalue weighted by Gasteiger charge is 2.57. The second-order valence-corrected chi connectivity index (χ2v) is 10.1. The fourth-order valence-electron chi connectivity index (χ4n) is 4.97. The van der Waals surface area contributed by atoms with Crippen LogP contribution in [0.1, 0.15) is 37.7 Å². The molecule has 1 saturated heterocycles. The minimum absolute atomic E-state index is 0.140. The summed E-state index contributed by atoms with van der Waals surface area (Å²) in [5.74, 6) is 1.82. The molecule has 4 aliphatic rings. The molecule has 2 aromatic rings. The summed E-state index contributed by atoms with van der Waals surface area (Å²) in [6.45, 7) is 2.22. The Labute approximate surface area is 193 Å². The molecule has 0 N–H and O–H groups in total. The summed E-state index contributed by atoms with van der Waals surface area (Å²) >= 11 is 6.01. The predicted molar refractivity (Wildman–Crippen MR) is 125 cm³/mol. The van der Waals surface area contributed by atoms with Gasteiger partial charge in [0.05, 0.1) is 0 Å². The van der Waals surface area contributed by atoms with Gasteiger partial charge in [-0.1, -0.05) is 48.0 Å². The molecule has 2 amide bonds. The van der Waals surface area contributed by atoms with Crippen molar-refractivity contribution in [3.05, 3.63) is 59.1 Å². The second kappa shape index (κ2) is 7.45. The van der Waals surface area contributed by atoms with Gasteiger partial charge in [-0.05, 0) is 61.3 Å². The Bertz CT molecular complexity index is 1100. The predicted octanol–water partition coefficient (Wildman–Crippen LogP) is 4.39. The van der Waals surface area contributed by atoms with Gasteiger partial charge in [0.15, 0.2) is 0 Å². The Morgan fingerprint density at radius 3 is 2.22 bits per heavy atom. The maximum absolute atomic E-state index is 13.2. The number of hydrogen-bond donors (Lipinski definition) is 0. The third-order valence-corrected chi connectivity index (χ3v) is 7.48. The van der Waals surface area contributed by atoms with Crippen LogP contribution >= 0.6 is 11.6 Å². The Hall–Kier alpha value is -2.66. The Kier molecular flexibility index (Phi) is 4.65. The van der Waals surface area contributed by atoms with Crippen molar-refractivity contribution >= 4 is 29.3 Å². The number of carbonyl (C=O) groups is 2. The largest absolute Gasteiger partial charge is 0.342 e. The van der Waals surface area contributed by atoms with Crippen LogP contribution in [-0.2, 0) is 9.59 Å². The molecule has 2 aromatic carbocycles. The van der Waals surface area contributed by atoms with E-state index in [1.807, 2.05) is 34.1 Å². The number of rotatable bonds is 5. The van der Waals surface area contributed by atoms with Gasteiger partial charge in [-0.3, -0.25) is 19.5 Å². The summed E-state index contributed by atoms with van der Waals surface area (Å²) in [7, 11) is 0. The van der Waals surface area contributed by atoms with Crippen molar-refractivity contribution in [1.82, 2.24) is 9.80 Å². The van der Waals surface area contributed by atoms with E-state index in [2.05, 4.69) is 24.3 Å². The third kappa shape index (κ3) is 3.53. The zero-order valence-corrected chi connectivity index (χ0v) is 18.7. The average molecular weight is 448 g/mol. The van der Waals surface area contributed by atoms with Gasteiger partial charge in [0.2, 0.25) is 5.91 Å². The summed E-state index contributed by atoms with van der Waals surface area (Å²) in [6, 6.07) is 16.1. The molecule has 0 unspecified atom stereocenters. The van der Waals surface area contributed by atoms with Crippen LogP contribution in [0.3, 0.4) is 0 Å². The molecule has 0 bridgehead atoms. The minimum Gasteiger partial charge on any atom is -0.342 e. The molecule has 2 saturated carbocycles. The minimum atomic E-state index is -0.522. The van der Waals surface area contributed by atoms with Crippen LogP contribution in [-0.4, -0.2) is 52.6 Å². The van der Waals surface area contributed by atoms with Gasteiger partial charge in [-0.25, -0.2) is 0 Å². The number of nitrogens with zero attached hydrogens (tertiary/aromatic N) is 3. The highest BCUT2D eigenvalue weighted by Crippen LogP contribution is 2.46. The number of likely N-dealkylation sites (tertiary alicyclic amines) is 1. The zero-order valence-electron chi connectivity index (χ0n) is 18.0. The van der Waals surface area contributed by atoms with Crippen molar-refractivity contribution in [3.63, 3.8) is 0 Å². The van der Waals surface area contributed by atoms with Crippen LogP contribution in [0.25, 0.3) is 11.1 Å². The van der Waals surface area contributed by atoms with Crippen molar-refractivity contribution in [2.45, 2.75) is 37.6 Å². The van der Waals surface area contributed by atoms with Crippen molar-refractivity contribution in [2.75, 3.05) is 19.6 Å². The van der Waals surface area contributed by atoms with Crippen LogP contribution < -0.4 is 0 Å². The van der Waals surface area contributed by atoms with E-state index in [-0.39, 0.29) is 11.8 Å². The van der Waals surface area contributed by atoms with Gasteiger partial charge < -0.3 is 4.90 Å². The third-order valence-electron chi connectivity index (χ3n) is 7.23. The van der Waals surface area contributed by atoms with Gasteiger partial charge >= 0.3 is 0 Å². The maximum Gasteiger partial charge on any atom is 0.256 e. The van der Waals surface area contributed by atoms with Gasteiger partial charge in [-0.15, -0.1) is 0 Å².